The van der Waals surface area contributed by atoms with Crippen molar-refractivity contribution < 1.29 is 0 Å². The second-order valence-corrected chi connectivity index (χ2v) is 5.29. The maximum atomic E-state index is 4.64. The molecule has 0 spiro atoms. The highest BCUT2D eigenvalue weighted by Crippen LogP contribution is 2.32. The lowest BCUT2D eigenvalue weighted by molar-refractivity contribution is 0.0811. The fraction of sp³-hybridized carbons (Fsp3) is 0.714. The summed E-state index contributed by atoms with van der Waals surface area (Å²) >= 11 is 0. The first-order valence-electron chi connectivity index (χ1n) is 6.36. The minimum absolute atomic E-state index is 0.106. The summed E-state index contributed by atoms with van der Waals surface area (Å²) in [5, 5.41) is 0. The van der Waals surface area contributed by atoms with E-state index in [9.17, 15) is 0 Å². The van der Waals surface area contributed by atoms with Crippen molar-refractivity contribution in [1.29, 1.82) is 0 Å². The van der Waals surface area contributed by atoms with Crippen LogP contribution in [0, 0.1) is 19.8 Å². The molecule has 0 fully saturated rings. The molecule has 0 amide bonds. The largest absolute Gasteiger partial charge is 0.294 e. The molecule has 0 saturated heterocycles. The molecule has 17 heavy (non-hydrogen) atoms. The number of rotatable bonds is 4. The minimum atomic E-state index is -0.106. The zero-order valence-electron chi connectivity index (χ0n) is 12.2. The Bertz CT molecular complexity index is 367. The molecule has 0 N–H and O–H groups in total. The highest BCUT2D eigenvalue weighted by Gasteiger charge is 2.37. The van der Waals surface area contributed by atoms with Gasteiger partial charge >= 0.3 is 0 Å². The molecule has 0 aromatic carbocycles. The van der Waals surface area contributed by atoms with E-state index in [4.69, 9.17) is 0 Å². The predicted molar refractivity (Wildman–Crippen MR) is 72.0 cm³/mol. The van der Waals surface area contributed by atoms with E-state index >= 15 is 0 Å². The van der Waals surface area contributed by atoms with Crippen LogP contribution in [0.1, 0.15) is 44.9 Å². The van der Waals surface area contributed by atoms with Gasteiger partial charge in [0.15, 0.2) is 0 Å². The molecular formula is C14H25N3. The zero-order valence-corrected chi connectivity index (χ0v) is 12.2. The molecule has 1 rings (SSSR count). The normalized spacial score (nSPS) is 15.4. The van der Waals surface area contributed by atoms with Gasteiger partial charge in [-0.25, -0.2) is 9.97 Å². The Hall–Kier alpha value is -0.960. The fourth-order valence-electron chi connectivity index (χ4n) is 2.15. The third kappa shape index (κ3) is 2.65. The molecule has 96 valence electrons. The van der Waals surface area contributed by atoms with Crippen molar-refractivity contribution >= 4 is 0 Å². The Morgan fingerprint density at radius 3 is 2.06 bits per heavy atom. The van der Waals surface area contributed by atoms with E-state index in [0.717, 1.165) is 23.8 Å². The third-order valence-corrected chi connectivity index (χ3v) is 3.83. The second kappa shape index (κ2) is 5.13. The molecule has 0 aliphatic heterocycles. The van der Waals surface area contributed by atoms with Gasteiger partial charge in [0, 0.05) is 11.4 Å². The highest BCUT2D eigenvalue weighted by molar-refractivity contribution is 5.14. The Labute approximate surface area is 105 Å². The molecule has 0 saturated carbocycles. The number of hydrogen-bond donors (Lipinski definition) is 0. The van der Waals surface area contributed by atoms with Crippen LogP contribution >= 0.6 is 0 Å². The number of aryl methyl sites for hydroxylation is 2. The summed E-state index contributed by atoms with van der Waals surface area (Å²) in [4.78, 5) is 11.6. The molecule has 1 unspecified atom stereocenters. The van der Waals surface area contributed by atoms with Crippen LogP contribution in [0.5, 0.6) is 0 Å². The van der Waals surface area contributed by atoms with Crippen LogP contribution in [-0.4, -0.2) is 28.5 Å². The summed E-state index contributed by atoms with van der Waals surface area (Å²) in [6.45, 7) is 13.9. The molecule has 1 atom stereocenters. The number of hydrogen-bond acceptors (Lipinski definition) is 3. The zero-order chi connectivity index (χ0) is 13.2. The summed E-state index contributed by atoms with van der Waals surface area (Å²) in [5.41, 5.74) is 1.98. The van der Waals surface area contributed by atoms with E-state index in [1.54, 1.807) is 0 Å². The topological polar surface area (TPSA) is 29.0 Å². The van der Waals surface area contributed by atoms with Crippen molar-refractivity contribution in [2.75, 3.05) is 13.6 Å². The average molecular weight is 235 g/mol. The van der Waals surface area contributed by atoms with E-state index < -0.39 is 0 Å². The van der Waals surface area contributed by atoms with Crippen molar-refractivity contribution in [3.05, 3.63) is 23.3 Å². The van der Waals surface area contributed by atoms with E-state index in [0.29, 0.717) is 5.92 Å². The second-order valence-electron chi connectivity index (χ2n) is 5.29. The van der Waals surface area contributed by atoms with Crippen LogP contribution in [0.4, 0.5) is 0 Å². The van der Waals surface area contributed by atoms with Crippen LogP contribution in [0.15, 0.2) is 6.07 Å². The standard InChI is InChI=1S/C14H25N3/c1-8-17(7)14(6,10(2)3)13-15-11(4)9-12(5)16-13/h9-10H,8H2,1-7H3. The maximum Gasteiger partial charge on any atom is 0.149 e. The molecule has 0 aliphatic carbocycles. The Morgan fingerprint density at radius 2 is 1.71 bits per heavy atom. The Balaban J connectivity index is 3.32. The van der Waals surface area contributed by atoms with Crippen LogP contribution < -0.4 is 0 Å². The summed E-state index contributed by atoms with van der Waals surface area (Å²) in [7, 11) is 2.14. The number of aromatic nitrogens is 2. The molecule has 1 aromatic heterocycles. The van der Waals surface area contributed by atoms with Gasteiger partial charge in [0.25, 0.3) is 0 Å². The molecule has 1 aromatic rings. The van der Waals surface area contributed by atoms with Crippen LogP contribution in [-0.2, 0) is 5.54 Å². The van der Waals surface area contributed by atoms with Gasteiger partial charge in [0.05, 0.1) is 5.54 Å². The fourth-order valence-corrected chi connectivity index (χ4v) is 2.15. The van der Waals surface area contributed by atoms with Crippen molar-refractivity contribution in [1.82, 2.24) is 14.9 Å². The number of nitrogens with zero attached hydrogens (tertiary/aromatic N) is 3. The maximum absolute atomic E-state index is 4.64. The van der Waals surface area contributed by atoms with Gasteiger partial charge in [0.1, 0.15) is 5.82 Å². The van der Waals surface area contributed by atoms with Crippen LogP contribution in [0.3, 0.4) is 0 Å². The quantitative estimate of drug-likeness (QED) is 0.803. The lowest BCUT2D eigenvalue weighted by Gasteiger charge is -2.40. The lowest BCUT2D eigenvalue weighted by Crippen LogP contribution is -2.46. The summed E-state index contributed by atoms with van der Waals surface area (Å²) in [6, 6.07) is 2.02. The van der Waals surface area contributed by atoms with Gasteiger partial charge in [-0.05, 0) is 46.3 Å². The Morgan fingerprint density at radius 1 is 1.24 bits per heavy atom. The molecular weight excluding hydrogens is 210 g/mol. The molecule has 0 aliphatic rings. The summed E-state index contributed by atoms with van der Waals surface area (Å²) in [6.07, 6.45) is 0. The van der Waals surface area contributed by atoms with Gasteiger partial charge in [-0.1, -0.05) is 20.8 Å². The van der Waals surface area contributed by atoms with Crippen molar-refractivity contribution in [3.63, 3.8) is 0 Å². The van der Waals surface area contributed by atoms with E-state index in [1.807, 2.05) is 19.9 Å². The SMILES string of the molecule is CCN(C)C(C)(c1nc(C)cc(C)n1)C(C)C. The molecule has 1 heterocycles. The average Bonchev–Trinajstić information content (AvgIpc) is 2.25. The van der Waals surface area contributed by atoms with E-state index in [2.05, 4.69) is 49.6 Å². The smallest absolute Gasteiger partial charge is 0.149 e. The van der Waals surface area contributed by atoms with Crippen LogP contribution in [0.25, 0.3) is 0 Å². The van der Waals surface area contributed by atoms with Crippen molar-refractivity contribution in [3.8, 4) is 0 Å². The van der Waals surface area contributed by atoms with E-state index in [1.165, 1.54) is 0 Å². The van der Waals surface area contributed by atoms with E-state index in [-0.39, 0.29) is 5.54 Å². The molecule has 0 radical (unpaired) electrons. The lowest BCUT2D eigenvalue weighted by atomic mass is 9.85. The van der Waals surface area contributed by atoms with Crippen LogP contribution in [0.2, 0.25) is 0 Å². The monoisotopic (exact) mass is 235 g/mol. The third-order valence-electron chi connectivity index (χ3n) is 3.83. The van der Waals surface area contributed by atoms with Crippen molar-refractivity contribution in [2.45, 2.75) is 47.1 Å². The minimum Gasteiger partial charge on any atom is -0.294 e. The molecule has 0 bridgehead atoms. The predicted octanol–water partition coefficient (Wildman–Crippen LogP) is 2.92. The highest BCUT2D eigenvalue weighted by atomic mass is 15.2. The van der Waals surface area contributed by atoms with Gasteiger partial charge in [0.2, 0.25) is 0 Å². The Kier molecular flexibility index (Phi) is 4.26. The van der Waals surface area contributed by atoms with Crippen molar-refractivity contribution in [2.24, 2.45) is 5.92 Å². The van der Waals surface area contributed by atoms with Gasteiger partial charge in [-0.2, -0.15) is 0 Å². The summed E-state index contributed by atoms with van der Waals surface area (Å²) in [5.74, 6) is 1.41. The summed E-state index contributed by atoms with van der Waals surface area (Å²) < 4.78 is 0. The first-order chi connectivity index (χ1) is 7.82. The van der Waals surface area contributed by atoms with Gasteiger partial charge in [-0.15, -0.1) is 0 Å². The first-order valence-corrected chi connectivity index (χ1v) is 6.36. The molecule has 3 heteroatoms. The molecule has 3 nitrogen and oxygen atoms in total. The van der Waals surface area contributed by atoms with Gasteiger partial charge in [-0.3, -0.25) is 4.90 Å². The van der Waals surface area contributed by atoms with Gasteiger partial charge < -0.3 is 0 Å². The first kappa shape index (κ1) is 14.1.